The van der Waals surface area contributed by atoms with Crippen molar-refractivity contribution >= 4 is 11.9 Å². The van der Waals surface area contributed by atoms with Gasteiger partial charge in [-0.25, -0.2) is 4.79 Å². The van der Waals surface area contributed by atoms with E-state index in [2.05, 4.69) is 5.32 Å². The largest absolute Gasteiger partial charge is 0.479 e. The van der Waals surface area contributed by atoms with Crippen molar-refractivity contribution in [3.8, 4) is 0 Å². The average molecular weight is 245 g/mol. The van der Waals surface area contributed by atoms with E-state index in [9.17, 15) is 9.59 Å². The summed E-state index contributed by atoms with van der Waals surface area (Å²) in [5, 5.41) is 11.5. The molecule has 4 heteroatoms. The van der Waals surface area contributed by atoms with Gasteiger partial charge in [0.2, 0.25) is 5.91 Å². The number of nitrogens with one attached hydrogen (secondary N) is 1. The fourth-order valence-electron chi connectivity index (χ4n) is 1.38. The monoisotopic (exact) mass is 245 g/mol. The van der Waals surface area contributed by atoms with Gasteiger partial charge in [-0.05, 0) is 12.5 Å². The van der Waals surface area contributed by atoms with Crippen LogP contribution in [-0.2, 0) is 9.59 Å². The highest BCUT2D eigenvalue weighted by molar-refractivity contribution is 5.91. The lowest BCUT2D eigenvalue weighted by Gasteiger charge is -2.13. The third kappa shape index (κ3) is 4.25. The first-order valence-electron chi connectivity index (χ1n) is 5.52. The Bertz CT molecular complexity index is 463. The lowest BCUT2D eigenvalue weighted by molar-refractivity contribution is -0.141. The molecule has 1 atom stereocenters. The fourth-order valence-corrected chi connectivity index (χ4v) is 1.38. The van der Waals surface area contributed by atoms with Crippen molar-refractivity contribution in [3.05, 3.63) is 60.2 Å². The van der Waals surface area contributed by atoms with Gasteiger partial charge in [-0.2, -0.15) is 0 Å². The summed E-state index contributed by atoms with van der Waals surface area (Å²) in [6.45, 7) is 1.83. The van der Waals surface area contributed by atoms with Crippen molar-refractivity contribution in [2.75, 3.05) is 0 Å². The molecule has 0 bridgehead atoms. The molecule has 0 radical (unpaired) electrons. The highest BCUT2D eigenvalue weighted by Gasteiger charge is 2.20. The highest BCUT2D eigenvalue weighted by atomic mass is 16.4. The molecule has 0 saturated heterocycles. The number of carboxylic acids is 1. The van der Waals surface area contributed by atoms with Gasteiger partial charge in [-0.3, -0.25) is 4.79 Å². The van der Waals surface area contributed by atoms with E-state index in [0.717, 1.165) is 0 Å². The van der Waals surface area contributed by atoms with E-state index in [-0.39, 0.29) is 0 Å². The topological polar surface area (TPSA) is 66.4 Å². The molecule has 2 N–H and O–H groups in total. The zero-order chi connectivity index (χ0) is 13.4. The molecule has 1 aromatic carbocycles. The van der Waals surface area contributed by atoms with Gasteiger partial charge in [0, 0.05) is 6.08 Å². The van der Waals surface area contributed by atoms with Crippen LogP contribution in [0.2, 0.25) is 0 Å². The van der Waals surface area contributed by atoms with Crippen LogP contribution in [0.1, 0.15) is 18.5 Å². The number of amides is 1. The van der Waals surface area contributed by atoms with Crippen molar-refractivity contribution in [1.82, 2.24) is 5.32 Å². The second-order valence-corrected chi connectivity index (χ2v) is 3.58. The third-order valence-corrected chi connectivity index (χ3v) is 2.22. The van der Waals surface area contributed by atoms with Crippen molar-refractivity contribution in [2.45, 2.75) is 13.0 Å². The fraction of sp³-hybridized carbons (Fsp3) is 0.143. The predicted octanol–water partition coefficient (Wildman–Crippen LogP) is 2.06. The molecule has 0 saturated carbocycles. The van der Waals surface area contributed by atoms with Crippen LogP contribution in [0.3, 0.4) is 0 Å². The van der Waals surface area contributed by atoms with E-state index in [1.54, 1.807) is 48.6 Å². The van der Waals surface area contributed by atoms with Crippen LogP contribution in [-0.4, -0.2) is 17.0 Å². The lowest BCUT2D eigenvalue weighted by atomic mass is 10.1. The average Bonchev–Trinajstić information content (AvgIpc) is 2.37. The highest BCUT2D eigenvalue weighted by Crippen LogP contribution is 2.12. The number of carbonyl (C=O) groups is 2. The van der Waals surface area contributed by atoms with Crippen LogP contribution < -0.4 is 5.32 Å². The number of hydrogen-bond acceptors (Lipinski definition) is 2. The first-order valence-corrected chi connectivity index (χ1v) is 5.52. The Morgan fingerprint density at radius 1 is 1.22 bits per heavy atom. The number of carboxylic acid groups (broad SMARTS) is 1. The van der Waals surface area contributed by atoms with E-state index in [1.165, 1.54) is 6.08 Å². The summed E-state index contributed by atoms with van der Waals surface area (Å²) < 4.78 is 0. The number of carbonyl (C=O) groups excluding carboxylic acids is 1. The molecule has 4 nitrogen and oxygen atoms in total. The SMILES string of the molecule is C/C=C/C=C/C(=O)NC(C(=O)O)c1ccccc1. The molecule has 1 amide bonds. The first kappa shape index (κ1) is 13.7. The minimum absolute atomic E-state index is 0.440. The molecule has 0 heterocycles. The lowest BCUT2D eigenvalue weighted by Crippen LogP contribution is -2.32. The van der Waals surface area contributed by atoms with E-state index >= 15 is 0 Å². The summed E-state index contributed by atoms with van der Waals surface area (Å²) in [6, 6.07) is 7.54. The maximum atomic E-state index is 11.5. The summed E-state index contributed by atoms with van der Waals surface area (Å²) in [7, 11) is 0. The van der Waals surface area contributed by atoms with Gasteiger partial charge < -0.3 is 10.4 Å². The molecule has 1 aromatic rings. The molecule has 0 aliphatic heterocycles. The number of aliphatic carboxylic acids is 1. The van der Waals surface area contributed by atoms with Gasteiger partial charge in [0.05, 0.1) is 0 Å². The Morgan fingerprint density at radius 2 is 1.89 bits per heavy atom. The summed E-state index contributed by atoms with van der Waals surface area (Å²) in [5.74, 6) is -1.53. The normalized spacial score (nSPS) is 12.7. The number of benzene rings is 1. The Morgan fingerprint density at radius 3 is 2.44 bits per heavy atom. The van der Waals surface area contributed by atoms with E-state index in [0.29, 0.717) is 5.56 Å². The molecular weight excluding hydrogens is 230 g/mol. The first-order chi connectivity index (χ1) is 8.65. The summed E-state index contributed by atoms with van der Waals surface area (Å²) in [4.78, 5) is 22.6. The maximum absolute atomic E-state index is 11.5. The van der Waals surface area contributed by atoms with Crippen LogP contribution in [0.4, 0.5) is 0 Å². The summed E-state index contributed by atoms with van der Waals surface area (Å²) in [6.07, 6.45) is 6.31. The molecule has 0 aliphatic rings. The van der Waals surface area contributed by atoms with Gasteiger partial charge in [-0.1, -0.05) is 48.6 Å². The van der Waals surface area contributed by atoms with Crippen LogP contribution >= 0.6 is 0 Å². The van der Waals surface area contributed by atoms with E-state index in [4.69, 9.17) is 5.11 Å². The van der Waals surface area contributed by atoms with Crippen LogP contribution in [0.25, 0.3) is 0 Å². The maximum Gasteiger partial charge on any atom is 0.330 e. The molecule has 94 valence electrons. The van der Waals surface area contributed by atoms with Gasteiger partial charge in [0.1, 0.15) is 0 Å². The summed E-state index contributed by atoms with van der Waals surface area (Å²) >= 11 is 0. The standard InChI is InChI=1S/C14H15NO3/c1-2-3-5-10-12(16)15-13(14(17)18)11-8-6-4-7-9-11/h2-10,13H,1H3,(H,15,16)(H,17,18)/b3-2+,10-5+. The molecule has 0 fully saturated rings. The van der Waals surface area contributed by atoms with Crippen molar-refractivity contribution in [1.29, 1.82) is 0 Å². The van der Waals surface area contributed by atoms with Gasteiger partial charge in [0.25, 0.3) is 0 Å². The van der Waals surface area contributed by atoms with Crippen molar-refractivity contribution in [3.63, 3.8) is 0 Å². The molecule has 1 unspecified atom stereocenters. The van der Waals surface area contributed by atoms with Gasteiger partial charge in [-0.15, -0.1) is 0 Å². The number of rotatable bonds is 5. The smallest absolute Gasteiger partial charge is 0.330 e. The molecule has 0 aliphatic carbocycles. The van der Waals surface area contributed by atoms with Gasteiger partial charge >= 0.3 is 5.97 Å². The number of hydrogen-bond donors (Lipinski definition) is 2. The number of allylic oxidation sites excluding steroid dienone is 3. The van der Waals surface area contributed by atoms with Crippen molar-refractivity contribution in [2.24, 2.45) is 0 Å². The van der Waals surface area contributed by atoms with Crippen molar-refractivity contribution < 1.29 is 14.7 Å². The minimum atomic E-state index is -1.09. The quantitative estimate of drug-likeness (QED) is 0.616. The molecule has 18 heavy (non-hydrogen) atoms. The Kier molecular flexibility index (Phi) is 5.38. The molecule has 0 aromatic heterocycles. The van der Waals surface area contributed by atoms with Gasteiger partial charge in [0.15, 0.2) is 6.04 Å². The second-order valence-electron chi connectivity index (χ2n) is 3.58. The van der Waals surface area contributed by atoms with E-state index < -0.39 is 17.9 Å². The Balaban J connectivity index is 2.76. The van der Waals surface area contributed by atoms with Crippen LogP contribution in [0.15, 0.2) is 54.6 Å². The Labute approximate surface area is 106 Å². The minimum Gasteiger partial charge on any atom is -0.479 e. The molecular formula is C14H15NO3. The van der Waals surface area contributed by atoms with Crippen LogP contribution in [0, 0.1) is 0 Å². The zero-order valence-corrected chi connectivity index (χ0v) is 10.0. The molecule has 0 spiro atoms. The second kappa shape index (κ2) is 7.06. The van der Waals surface area contributed by atoms with Crippen LogP contribution in [0.5, 0.6) is 0 Å². The summed E-state index contributed by atoms with van der Waals surface area (Å²) in [5.41, 5.74) is 0.540. The Hall–Kier alpha value is -2.36. The predicted molar refractivity (Wildman–Crippen MR) is 68.9 cm³/mol. The zero-order valence-electron chi connectivity index (χ0n) is 10.0. The molecule has 1 rings (SSSR count). The van der Waals surface area contributed by atoms with E-state index in [1.807, 2.05) is 6.92 Å². The third-order valence-electron chi connectivity index (χ3n) is 2.22.